The van der Waals surface area contributed by atoms with Crippen LogP contribution in [-0.4, -0.2) is 17.6 Å². The Balaban J connectivity index is 1.95. The molecule has 2 N–H and O–H groups in total. The van der Waals surface area contributed by atoms with Gasteiger partial charge in [-0.15, -0.1) is 0 Å². The van der Waals surface area contributed by atoms with Crippen LogP contribution in [0.3, 0.4) is 0 Å². The third-order valence-corrected chi connectivity index (χ3v) is 3.75. The molecule has 4 nitrogen and oxygen atoms in total. The Labute approximate surface area is 152 Å². The molecule has 0 aromatic heterocycles. The molecule has 0 bridgehead atoms. The number of unbranched alkanes of at least 4 members (excludes halogenated alkanes) is 1. The zero-order valence-corrected chi connectivity index (χ0v) is 14.9. The van der Waals surface area contributed by atoms with E-state index in [-0.39, 0.29) is 11.0 Å². The van der Waals surface area contributed by atoms with Gasteiger partial charge >= 0.3 is 0 Å². The van der Waals surface area contributed by atoms with Gasteiger partial charge in [0.2, 0.25) is 0 Å². The number of benzene rings is 2. The van der Waals surface area contributed by atoms with E-state index in [2.05, 4.69) is 17.6 Å². The van der Waals surface area contributed by atoms with Crippen LogP contribution >= 0.6 is 23.8 Å². The fraction of sp³-hybridized carbons (Fsp3) is 0.222. The first kappa shape index (κ1) is 18.2. The molecule has 0 heterocycles. The lowest BCUT2D eigenvalue weighted by molar-refractivity contribution is 0.0977. The summed E-state index contributed by atoms with van der Waals surface area (Å²) in [6.45, 7) is 2.73. The number of hydrogen-bond donors (Lipinski definition) is 2. The highest BCUT2D eigenvalue weighted by atomic mass is 35.5. The average Bonchev–Trinajstić information content (AvgIpc) is 2.57. The summed E-state index contributed by atoms with van der Waals surface area (Å²) < 4.78 is 5.61. The standard InChI is InChI=1S/C18H19ClN2O2S/c1-2-3-11-23-14-8-6-7-13(12-14)17(22)21-18(24)20-16-10-5-4-9-15(16)19/h4-10,12H,2-3,11H2,1H3,(H2,20,21,22,24). The lowest BCUT2D eigenvalue weighted by Crippen LogP contribution is -2.34. The van der Waals surface area contributed by atoms with Crippen molar-refractivity contribution >= 4 is 40.5 Å². The number of hydrogen-bond acceptors (Lipinski definition) is 3. The number of amides is 1. The lowest BCUT2D eigenvalue weighted by Gasteiger charge is -2.11. The first-order valence-corrected chi connectivity index (χ1v) is 8.48. The van der Waals surface area contributed by atoms with Gasteiger partial charge in [0.1, 0.15) is 5.75 Å². The van der Waals surface area contributed by atoms with Crippen molar-refractivity contribution in [3.05, 3.63) is 59.1 Å². The molecule has 0 aliphatic carbocycles. The van der Waals surface area contributed by atoms with Gasteiger partial charge in [-0.25, -0.2) is 0 Å². The molecule has 0 aliphatic rings. The molecular formula is C18H19ClN2O2S. The van der Waals surface area contributed by atoms with Gasteiger partial charge in [-0.2, -0.15) is 0 Å². The zero-order valence-electron chi connectivity index (χ0n) is 13.3. The molecule has 0 radical (unpaired) electrons. The van der Waals surface area contributed by atoms with Gasteiger partial charge in [-0.05, 0) is 49.0 Å². The van der Waals surface area contributed by atoms with Crippen LogP contribution in [0, 0.1) is 0 Å². The van der Waals surface area contributed by atoms with Crippen molar-refractivity contribution in [2.24, 2.45) is 0 Å². The highest BCUT2D eigenvalue weighted by Crippen LogP contribution is 2.20. The van der Waals surface area contributed by atoms with Gasteiger partial charge < -0.3 is 10.1 Å². The zero-order chi connectivity index (χ0) is 17.4. The number of para-hydroxylation sites is 1. The second kappa shape index (κ2) is 9.25. The summed E-state index contributed by atoms with van der Waals surface area (Å²) in [6, 6.07) is 14.2. The summed E-state index contributed by atoms with van der Waals surface area (Å²) in [5.41, 5.74) is 1.12. The van der Waals surface area contributed by atoms with Crippen LogP contribution in [-0.2, 0) is 0 Å². The molecule has 0 unspecified atom stereocenters. The molecule has 0 fully saturated rings. The Kier molecular flexibility index (Phi) is 7.03. The van der Waals surface area contributed by atoms with Crippen molar-refractivity contribution in [3.63, 3.8) is 0 Å². The molecule has 0 aliphatic heterocycles. The minimum atomic E-state index is -0.305. The second-order valence-corrected chi connectivity index (χ2v) is 5.93. The molecule has 1 amide bonds. The predicted octanol–water partition coefficient (Wildman–Crippen LogP) is 4.65. The van der Waals surface area contributed by atoms with Crippen LogP contribution < -0.4 is 15.4 Å². The van der Waals surface area contributed by atoms with E-state index < -0.39 is 0 Å². The van der Waals surface area contributed by atoms with Gasteiger partial charge in [0, 0.05) is 5.56 Å². The number of carbonyl (C=O) groups excluding carboxylic acids is 1. The number of carbonyl (C=O) groups is 1. The van der Waals surface area contributed by atoms with E-state index in [1.54, 1.807) is 30.3 Å². The quantitative estimate of drug-likeness (QED) is 0.580. The molecule has 2 aromatic carbocycles. The molecule has 126 valence electrons. The summed E-state index contributed by atoms with van der Waals surface area (Å²) in [7, 11) is 0. The molecule has 2 aromatic rings. The van der Waals surface area contributed by atoms with E-state index in [0.29, 0.717) is 28.6 Å². The van der Waals surface area contributed by atoms with Gasteiger partial charge in [-0.1, -0.05) is 43.1 Å². The monoisotopic (exact) mass is 362 g/mol. The third kappa shape index (κ3) is 5.51. The van der Waals surface area contributed by atoms with Gasteiger partial charge in [0.15, 0.2) is 5.11 Å². The molecule has 0 atom stereocenters. The van der Waals surface area contributed by atoms with Crippen molar-refractivity contribution < 1.29 is 9.53 Å². The average molecular weight is 363 g/mol. The Morgan fingerprint density at radius 3 is 2.75 bits per heavy atom. The fourth-order valence-electron chi connectivity index (χ4n) is 1.95. The highest BCUT2D eigenvalue weighted by Gasteiger charge is 2.10. The Morgan fingerprint density at radius 2 is 2.00 bits per heavy atom. The Hall–Kier alpha value is -2.11. The molecular weight excluding hydrogens is 344 g/mol. The van der Waals surface area contributed by atoms with Crippen LogP contribution in [0.15, 0.2) is 48.5 Å². The van der Waals surface area contributed by atoms with E-state index in [0.717, 1.165) is 12.8 Å². The molecule has 24 heavy (non-hydrogen) atoms. The summed E-state index contributed by atoms with van der Waals surface area (Å²) in [4.78, 5) is 12.3. The van der Waals surface area contributed by atoms with Crippen molar-refractivity contribution in [2.45, 2.75) is 19.8 Å². The minimum absolute atomic E-state index is 0.186. The molecule has 2 rings (SSSR count). The maximum absolute atomic E-state index is 12.3. The minimum Gasteiger partial charge on any atom is -0.494 e. The number of rotatable bonds is 6. The number of anilines is 1. The highest BCUT2D eigenvalue weighted by molar-refractivity contribution is 7.80. The number of thiocarbonyl (C=S) groups is 1. The number of halogens is 1. The van der Waals surface area contributed by atoms with Crippen LogP contribution in [0.1, 0.15) is 30.1 Å². The summed E-state index contributed by atoms with van der Waals surface area (Å²) in [5.74, 6) is 0.363. The van der Waals surface area contributed by atoms with Crippen molar-refractivity contribution in [2.75, 3.05) is 11.9 Å². The van der Waals surface area contributed by atoms with Crippen LogP contribution in [0.5, 0.6) is 5.75 Å². The number of ether oxygens (including phenoxy) is 1. The van der Waals surface area contributed by atoms with Crippen LogP contribution in [0.2, 0.25) is 5.02 Å². The Morgan fingerprint density at radius 1 is 1.21 bits per heavy atom. The van der Waals surface area contributed by atoms with Crippen LogP contribution in [0.4, 0.5) is 5.69 Å². The number of nitrogens with one attached hydrogen (secondary N) is 2. The van der Waals surface area contributed by atoms with E-state index in [4.69, 9.17) is 28.6 Å². The van der Waals surface area contributed by atoms with Crippen LogP contribution in [0.25, 0.3) is 0 Å². The fourth-order valence-corrected chi connectivity index (χ4v) is 2.34. The summed E-state index contributed by atoms with van der Waals surface area (Å²) in [6.07, 6.45) is 2.03. The van der Waals surface area contributed by atoms with E-state index in [1.807, 2.05) is 18.2 Å². The molecule has 6 heteroatoms. The van der Waals surface area contributed by atoms with E-state index in [9.17, 15) is 4.79 Å². The summed E-state index contributed by atoms with van der Waals surface area (Å²) >= 11 is 11.2. The smallest absolute Gasteiger partial charge is 0.257 e. The first-order chi connectivity index (χ1) is 11.6. The predicted molar refractivity (Wildman–Crippen MR) is 102 cm³/mol. The normalized spacial score (nSPS) is 10.1. The molecule has 0 spiro atoms. The van der Waals surface area contributed by atoms with Gasteiger partial charge in [0.05, 0.1) is 17.3 Å². The second-order valence-electron chi connectivity index (χ2n) is 5.12. The largest absolute Gasteiger partial charge is 0.494 e. The van der Waals surface area contributed by atoms with Gasteiger partial charge in [-0.3, -0.25) is 10.1 Å². The van der Waals surface area contributed by atoms with Crippen molar-refractivity contribution in [3.8, 4) is 5.75 Å². The van der Waals surface area contributed by atoms with E-state index >= 15 is 0 Å². The molecule has 0 saturated carbocycles. The Bertz CT molecular complexity index is 722. The van der Waals surface area contributed by atoms with Crippen molar-refractivity contribution in [1.29, 1.82) is 0 Å². The summed E-state index contributed by atoms with van der Waals surface area (Å²) in [5, 5.41) is 6.25. The first-order valence-electron chi connectivity index (χ1n) is 7.70. The lowest BCUT2D eigenvalue weighted by atomic mass is 10.2. The third-order valence-electron chi connectivity index (χ3n) is 3.21. The van der Waals surface area contributed by atoms with Gasteiger partial charge in [0.25, 0.3) is 5.91 Å². The van der Waals surface area contributed by atoms with E-state index in [1.165, 1.54) is 0 Å². The topological polar surface area (TPSA) is 50.4 Å². The maximum atomic E-state index is 12.3. The maximum Gasteiger partial charge on any atom is 0.257 e. The SMILES string of the molecule is CCCCOc1cccc(C(=O)NC(=S)Nc2ccccc2Cl)c1. The van der Waals surface area contributed by atoms with Crippen molar-refractivity contribution in [1.82, 2.24) is 5.32 Å². The molecule has 0 saturated heterocycles.